The number of hydrazone groups is 1. The van der Waals surface area contributed by atoms with Crippen molar-refractivity contribution in [2.45, 2.75) is 6.54 Å². The maximum atomic E-state index is 11.7. The summed E-state index contributed by atoms with van der Waals surface area (Å²) in [4.78, 5) is 37.6. The van der Waals surface area contributed by atoms with Crippen molar-refractivity contribution in [1.82, 2.24) is 15.7 Å². The van der Waals surface area contributed by atoms with Crippen LogP contribution in [0.3, 0.4) is 0 Å². The highest BCUT2D eigenvalue weighted by Gasteiger charge is 2.15. The zero-order valence-electron chi connectivity index (χ0n) is 13.7. The zero-order chi connectivity index (χ0) is 18.9. The molecule has 0 aliphatic carbocycles. The average molecular weight is 357 g/mol. The van der Waals surface area contributed by atoms with E-state index in [-0.39, 0.29) is 18.0 Å². The van der Waals surface area contributed by atoms with Crippen LogP contribution < -0.4 is 15.5 Å². The van der Waals surface area contributed by atoms with E-state index in [1.807, 2.05) is 5.43 Å². The molecule has 26 heavy (non-hydrogen) atoms. The van der Waals surface area contributed by atoms with Gasteiger partial charge in [0, 0.05) is 30.6 Å². The van der Waals surface area contributed by atoms with Crippen molar-refractivity contribution in [2.24, 2.45) is 5.10 Å². The Bertz CT molecular complexity index is 838. The molecule has 1 heterocycles. The Morgan fingerprint density at radius 3 is 2.81 bits per heavy atom. The molecule has 1 aromatic heterocycles. The predicted octanol–water partition coefficient (Wildman–Crippen LogP) is 0.765. The van der Waals surface area contributed by atoms with Gasteiger partial charge in [0.15, 0.2) is 5.75 Å². The van der Waals surface area contributed by atoms with Gasteiger partial charge in [-0.3, -0.25) is 24.7 Å². The van der Waals surface area contributed by atoms with Gasteiger partial charge in [-0.25, -0.2) is 5.43 Å². The minimum atomic E-state index is -0.965. The number of benzene rings is 1. The molecule has 10 nitrogen and oxygen atoms in total. The number of rotatable bonds is 6. The minimum absolute atomic E-state index is 0.103. The van der Waals surface area contributed by atoms with Crippen molar-refractivity contribution in [2.75, 3.05) is 7.11 Å². The normalized spacial score (nSPS) is 10.3. The molecule has 2 rings (SSSR count). The Labute approximate surface area is 148 Å². The molecule has 0 aliphatic heterocycles. The van der Waals surface area contributed by atoms with Crippen molar-refractivity contribution in [3.63, 3.8) is 0 Å². The summed E-state index contributed by atoms with van der Waals surface area (Å²) >= 11 is 0. The SMILES string of the molecule is COc1ccc(/C=N/NC(=O)C(=O)NCc2cccnc2)cc1[N+](=O)[O-]. The number of nitro benzene ring substituents is 1. The lowest BCUT2D eigenvalue weighted by atomic mass is 10.2. The van der Waals surface area contributed by atoms with Gasteiger partial charge in [0.2, 0.25) is 0 Å². The van der Waals surface area contributed by atoms with Crippen molar-refractivity contribution >= 4 is 23.7 Å². The van der Waals surface area contributed by atoms with E-state index in [2.05, 4.69) is 15.4 Å². The maximum absolute atomic E-state index is 11.7. The number of carbonyl (C=O) groups is 2. The highest BCUT2D eigenvalue weighted by molar-refractivity contribution is 6.35. The molecule has 10 heteroatoms. The molecule has 0 spiro atoms. The molecule has 2 N–H and O–H groups in total. The van der Waals surface area contributed by atoms with Crippen molar-refractivity contribution in [3.8, 4) is 5.75 Å². The van der Waals surface area contributed by atoms with Gasteiger partial charge in [0.1, 0.15) is 0 Å². The van der Waals surface area contributed by atoms with E-state index in [1.165, 1.54) is 31.5 Å². The van der Waals surface area contributed by atoms with Gasteiger partial charge in [-0.15, -0.1) is 0 Å². The van der Waals surface area contributed by atoms with Gasteiger partial charge < -0.3 is 10.1 Å². The molecule has 0 aliphatic rings. The molecule has 0 fully saturated rings. The minimum Gasteiger partial charge on any atom is -0.490 e. The number of hydrogen-bond donors (Lipinski definition) is 2. The third kappa shape index (κ3) is 5.09. The van der Waals surface area contributed by atoms with Gasteiger partial charge in [-0.1, -0.05) is 6.07 Å². The standard InChI is InChI=1S/C16H15N5O5/c1-26-14-5-4-11(7-13(14)21(24)25)10-19-20-16(23)15(22)18-9-12-3-2-6-17-8-12/h2-8,10H,9H2,1H3,(H,18,22)(H,20,23)/b19-10+. The third-order valence-electron chi connectivity index (χ3n) is 3.16. The third-order valence-corrected chi connectivity index (χ3v) is 3.16. The first-order valence-electron chi connectivity index (χ1n) is 7.34. The number of nitrogens with one attached hydrogen (secondary N) is 2. The van der Waals surface area contributed by atoms with E-state index in [1.54, 1.807) is 24.5 Å². The van der Waals surface area contributed by atoms with Gasteiger partial charge in [-0.2, -0.15) is 5.10 Å². The Kier molecular flexibility index (Phi) is 6.32. The average Bonchev–Trinajstić information content (AvgIpc) is 2.66. The number of ether oxygens (including phenoxy) is 1. The molecule has 0 atom stereocenters. The van der Waals surface area contributed by atoms with E-state index in [0.29, 0.717) is 5.56 Å². The molecule has 0 saturated carbocycles. The Morgan fingerprint density at radius 1 is 1.35 bits per heavy atom. The lowest BCUT2D eigenvalue weighted by molar-refractivity contribution is -0.385. The summed E-state index contributed by atoms with van der Waals surface area (Å²) in [6, 6.07) is 7.61. The first-order chi connectivity index (χ1) is 12.5. The van der Waals surface area contributed by atoms with Crippen molar-refractivity contribution < 1.29 is 19.2 Å². The van der Waals surface area contributed by atoms with Crippen LogP contribution in [0.2, 0.25) is 0 Å². The van der Waals surface area contributed by atoms with Crippen LogP contribution in [0.5, 0.6) is 5.75 Å². The lowest BCUT2D eigenvalue weighted by Crippen LogP contribution is -2.37. The Balaban J connectivity index is 1.91. The fraction of sp³-hybridized carbons (Fsp3) is 0.125. The molecule has 0 saturated heterocycles. The quantitative estimate of drug-likeness (QED) is 0.339. The lowest BCUT2D eigenvalue weighted by Gasteiger charge is -2.04. The van der Waals surface area contributed by atoms with Crippen LogP contribution in [0.1, 0.15) is 11.1 Å². The summed E-state index contributed by atoms with van der Waals surface area (Å²) in [5.74, 6) is -1.73. The fourth-order valence-corrected chi connectivity index (χ4v) is 1.91. The van der Waals surface area contributed by atoms with Crippen molar-refractivity contribution in [1.29, 1.82) is 0 Å². The second-order valence-electron chi connectivity index (χ2n) is 4.93. The number of methoxy groups -OCH3 is 1. The molecule has 2 amide bonds. The zero-order valence-corrected chi connectivity index (χ0v) is 13.7. The number of amides is 2. The highest BCUT2D eigenvalue weighted by Crippen LogP contribution is 2.26. The molecular weight excluding hydrogens is 342 g/mol. The summed E-state index contributed by atoms with van der Waals surface area (Å²) in [7, 11) is 1.32. The van der Waals surface area contributed by atoms with Crippen LogP contribution in [0.15, 0.2) is 47.8 Å². The van der Waals surface area contributed by atoms with Gasteiger partial charge in [-0.05, 0) is 23.8 Å². The predicted molar refractivity (Wildman–Crippen MR) is 91.5 cm³/mol. The highest BCUT2D eigenvalue weighted by atomic mass is 16.6. The molecule has 1 aromatic carbocycles. The summed E-state index contributed by atoms with van der Waals surface area (Å²) in [6.07, 6.45) is 4.34. The summed E-state index contributed by atoms with van der Waals surface area (Å²) in [6.45, 7) is 0.147. The molecule has 134 valence electrons. The Morgan fingerprint density at radius 2 is 2.15 bits per heavy atom. The first kappa shape index (κ1) is 18.5. The molecular formula is C16H15N5O5. The van der Waals surface area contributed by atoms with E-state index < -0.39 is 16.7 Å². The molecule has 0 radical (unpaired) electrons. The number of carbonyl (C=O) groups excluding carboxylic acids is 2. The van der Waals surface area contributed by atoms with Crippen LogP contribution in [0.4, 0.5) is 5.69 Å². The van der Waals surface area contributed by atoms with E-state index in [4.69, 9.17) is 4.74 Å². The van der Waals surface area contributed by atoms with Gasteiger partial charge in [0.25, 0.3) is 0 Å². The van der Waals surface area contributed by atoms with E-state index in [9.17, 15) is 19.7 Å². The number of nitro groups is 1. The monoisotopic (exact) mass is 357 g/mol. The summed E-state index contributed by atoms with van der Waals surface area (Å²) in [5, 5.41) is 17.0. The molecule has 2 aromatic rings. The fourth-order valence-electron chi connectivity index (χ4n) is 1.91. The summed E-state index contributed by atoms with van der Waals surface area (Å²) < 4.78 is 4.89. The molecule has 0 bridgehead atoms. The van der Waals surface area contributed by atoms with Crippen molar-refractivity contribution in [3.05, 3.63) is 64.0 Å². The second kappa shape index (κ2) is 8.87. The van der Waals surface area contributed by atoms with Crippen LogP contribution >= 0.6 is 0 Å². The van der Waals surface area contributed by atoms with Gasteiger partial charge >= 0.3 is 17.5 Å². The molecule has 0 unspecified atom stereocenters. The smallest absolute Gasteiger partial charge is 0.329 e. The van der Waals surface area contributed by atoms with Gasteiger partial charge in [0.05, 0.1) is 18.2 Å². The largest absolute Gasteiger partial charge is 0.490 e. The summed E-state index contributed by atoms with van der Waals surface area (Å²) in [5.41, 5.74) is 2.90. The first-order valence-corrected chi connectivity index (χ1v) is 7.34. The number of pyridine rings is 1. The van der Waals surface area contributed by atoms with E-state index in [0.717, 1.165) is 5.56 Å². The number of nitrogens with zero attached hydrogens (tertiary/aromatic N) is 3. The second-order valence-corrected chi connectivity index (χ2v) is 4.93. The Hall–Kier alpha value is -3.82. The maximum Gasteiger partial charge on any atom is 0.329 e. The number of hydrogen-bond acceptors (Lipinski definition) is 7. The van der Waals surface area contributed by atoms with Crippen LogP contribution in [-0.2, 0) is 16.1 Å². The van der Waals surface area contributed by atoms with Crippen LogP contribution in [0, 0.1) is 10.1 Å². The number of aromatic nitrogens is 1. The topological polar surface area (TPSA) is 136 Å². The van der Waals surface area contributed by atoms with E-state index >= 15 is 0 Å². The van der Waals surface area contributed by atoms with Crippen LogP contribution in [0.25, 0.3) is 0 Å². The van der Waals surface area contributed by atoms with Crippen LogP contribution in [-0.4, -0.2) is 35.0 Å².